The van der Waals surface area contributed by atoms with Crippen LogP contribution in [0.5, 0.6) is 0 Å². The Morgan fingerprint density at radius 2 is 1.95 bits per heavy atom. The minimum atomic E-state index is -0.772. The van der Waals surface area contributed by atoms with Crippen LogP contribution in [0.3, 0.4) is 0 Å². The van der Waals surface area contributed by atoms with Gasteiger partial charge in [0.05, 0.1) is 19.1 Å². The van der Waals surface area contributed by atoms with E-state index in [0.29, 0.717) is 24.2 Å². The summed E-state index contributed by atoms with van der Waals surface area (Å²) in [5.74, 6) is -2.06. The van der Waals surface area contributed by atoms with Crippen molar-refractivity contribution in [2.24, 2.45) is 5.73 Å². The van der Waals surface area contributed by atoms with Crippen molar-refractivity contribution < 1.29 is 14.4 Å². The molecule has 0 bridgehead atoms. The second-order valence-electron chi connectivity index (χ2n) is 5.15. The van der Waals surface area contributed by atoms with Gasteiger partial charge in [0.15, 0.2) is 6.19 Å². The summed E-state index contributed by atoms with van der Waals surface area (Å²) in [5, 5.41) is 13.6. The van der Waals surface area contributed by atoms with Gasteiger partial charge in [-0.3, -0.25) is 14.4 Å². The fraction of sp³-hybridized carbons (Fsp3) is 0.429. The van der Waals surface area contributed by atoms with E-state index in [1.165, 1.54) is 4.90 Å². The summed E-state index contributed by atoms with van der Waals surface area (Å²) in [6.07, 6.45) is 6.99. The molecule has 4 N–H and O–H groups in total. The smallest absolute Gasteiger partial charge is 0.309 e. The molecule has 0 aromatic heterocycles. The Hall–Kier alpha value is -2.82. The summed E-state index contributed by atoms with van der Waals surface area (Å²) in [6.45, 7) is 0.903. The van der Waals surface area contributed by atoms with Crippen LogP contribution in [-0.2, 0) is 14.4 Å². The first-order valence-electron chi connectivity index (χ1n) is 6.94. The van der Waals surface area contributed by atoms with Gasteiger partial charge in [0.2, 0.25) is 5.91 Å². The summed E-state index contributed by atoms with van der Waals surface area (Å²) < 4.78 is 0. The second kappa shape index (κ2) is 6.76. The average Bonchev–Trinajstić information content (AvgIpc) is 2.47. The lowest BCUT2D eigenvalue weighted by atomic mass is 9.97. The molecular formula is C14H17N5O3. The van der Waals surface area contributed by atoms with Crippen LogP contribution in [-0.4, -0.2) is 48.3 Å². The number of likely N-dealkylation sites (tertiary alicyclic amines) is 1. The third-order valence-electron chi connectivity index (χ3n) is 3.52. The van der Waals surface area contributed by atoms with Gasteiger partial charge >= 0.3 is 11.8 Å². The molecule has 1 fully saturated rings. The molecule has 0 aromatic carbocycles. The van der Waals surface area contributed by atoms with Crippen LogP contribution in [0.25, 0.3) is 0 Å². The molecule has 8 nitrogen and oxygen atoms in total. The van der Waals surface area contributed by atoms with Gasteiger partial charge in [-0.15, -0.1) is 0 Å². The van der Waals surface area contributed by atoms with E-state index in [4.69, 9.17) is 11.0 Å². The average molecular weight is 303 g/mol. The van der Waals surface area contributed by atoms with Gasteiger partial charge in [-0.2, -0.15) is 5.26 Å². The number of nitriles is 1. The summed E-state index contributed by atoms with van der Waals surface area (Å²) >= 11 is 0. The molecule has 116 valence electrons. The van der Waals surface area contributed by atoms with Crippen LogP contribution in [0.4, 0.5) is 0 Å². The van der Waals surface area contributed by atoms with Crippen molar-refractivity contribution in [3.05, 3.63) is 23.3 Å². The molecule has 0 atom stereocenters. The van der Waals surface area contributed by atoms with E-state index in [9.17, 15) is 14.4 Å². The van der Waals surface area contributed by atoms with Crippen molar-refractivity contribution >= 4 is 17.7 Å². The maximum absolute atomic E-state index is 11.7. The van der Waals surface area contributed by atoms with E-state index in [-0.39, 0.29) is 12.6 Å². The molecule has 0 unspecified atom stereocenters. The quantitative estimate of drug-likeness (QED) is 0.431. The Morgan fingerprint density at radius 1 is 1.27 bits per heavy atom. The van der Waals surface area contributed by atoms with E-state index in [1.54, 1.807) is 6.08 Å². The first-order chi connectivity index (χ1) is 10.5. The molecular weight excluding hydrogens is 286 g/mol. The monoisotopic (exact) mass is 303 g/mol. The number of hydrogen-bond donors (Lipinski definition) is 3. The third-order valence-corrected chi connectivity index (χ3v) is 3.52. The van der Waals surface area contributed by atoms with Crippen molar-refractivity contribution in [2.75, 3.05) is 19.6 Å². The maximum Gasteiger partial charge on any atom is 0.309 e. The number of nitrogens with two attached hydrogens (primary N) is 1. The number of hydrogen-bond acceptors (Lipinski definition) is 5. The summed E-state index contributed by atoms with van der Waals surface area (Å²) in [6, 6.07) is -0.187. The Bertz CT molecular complexity index is 596. The predicted molar refractivity (Wildman–Crippen MR) is 76.7 cm³/mol. The fourth-order valence-corrected chi connectivity index (χ4v) is 2.31. The predicted octanol–water partition coefficient (Wildman–Crippen LogP) is -1.48. The zero-order chi connectivity index (χ0) is 16.1. The molecule has 2 aliphatic rings. The molecule has 1 aliphatic carbocycles. The zero-order valence-corrected chi connectivity index (χ0v) is 12.0. The minimum absolute atomic E-state index is 0.0794. The molecule has 0 spiro atoms. The topological polar surface area (TPSA) is 128 Å². The Labute approximate surface area is 127 Å². The Kier molecular flexibility index (Phi) is 4.78. The van der Waals surface area contributed by atoms with Crippen molar-refractivity contribution in [3.8, 4) is 6.19 Å². The van der Waals surface area contributed by atoms with E-state index >= 15 is 0 Å². The number of nitrogens with one attached hydrogen (secondary N) is 2. The van der Waals surface area contributed by atoms with Gasteiger partial charge in [-0.1, -0.05) is 12.2 Å². The molecule has 0 aromatic rings. The lowest BCUT2D eigenvalue weighted by molar-refractivity contribution is -0.140. The van der Waals surface area contributed by atoms with Crippen molar-refractivity contribution in [1.29, 1.82) is 5.26 Å². The van der Waals surface area contributed by atoms with Crippen LogP contribution in [0.1, 0.15) is 12.8 Å². The summed E-state index contributed by atoms with van der Waals surface area (Å²) in [5.41, 5.74) is 6.28. The first-order valence-corrected chi connectivity index (χ1v) is 6.94. The summed E-state index contributed by atoms with van der Waals surface area (Å²) in [4.78, 5) is 36.2. The molecule has 1 heterocycles. The number of rotatable bonds is 4. The lowest BCUT2D eigenvalue weighted by Crippen LogP contribution is -2.59. The highest BCUT2D eigenvalue weighted by Gasteiger charge is 2.29. The molecule has 2 rings (SSSR count). The van der Waals surface area contributed by atoms with E-state index in [1.807, 2.05) is 12.3 Å². The van der Waals surface area contributed by atoms with Gasteiger partial charge in [-0.25, -0.2) is 0 Å². The standard InChI is InChI=1S/C14H17N5O3/c15-8-19-6-10(7-19)18-14(22)13(21)17-5-9-3-1-2-4-11(9)12(16)20/h3-4,10H,1-2,5-7H2,(H2,16,20)(H,17,21)(H,18,22). The number of carbonyl (C=O) groups is 3. The lowest BCUT2D eigenvalue weighted by Gasteiger charge is -2.34. The number of amides is 3. The van der Waals surface area contributed by atoms with Gasteiger partial charge in [0.25, 0.3) is 0 Å². The van der Waals surface area contributed by atoms with Gasteiger partial charge < -0.3 is 21.3 Å². The van der Waals surface area contributed by atoms with Crippen LogP contribution in [0, 0.1) is 11.5 Å². The molecule has 3 amide bonds. The highest BCUT2D eigenvalue weighted by atomic mass is 16.2. The van der Waals surface area contributed by atoms with E-state index < -0.39 is 17.7 Å². The maximum atomic E-state index is 11.7. The highest BCUT2D eigenvalue weighted by molar-refractivity contribution is 6.35. The van der Waals surface area contributed by atoms with E-state index in [2.05, 4.69) is 10.6 Å². The van der Waals surface area contributed by atoms with Gasteiger partial charge in [0, 0.05) is 12.1 Å². The Balaban J connectivity index is 1.79. The van der Waals surface area contributed by atoms with Crippen LogP contribution < -0.4 is 16.4 Å². The van der Waals surface area contributed by atoms with Gasteiger partial charge in [0.1, 0.15) is 0 Å². The van der Waals surface area contributed by atoms with Crippen LogP contribution in [0.15, 0.2) is 23.3 Å². The molecule has 0 radical (unpaired) electrons. The molecule has 8 heteroatoms. The van der Waals surface area contributed by atoms with Gasteiger partial charge in [-0.05, 0) is 18.4 Å². The minimum Gasteiger partial charge on any atom is -0.366 e. The van der Waals surface area contributed by atoms with Crippen molar-refractivity contribution in [3.63, 3.8) is 0 Å². The fourth-order valence-electron chi connectivity index (χ4n) is 2.31. The SMILES string of the molecule is N#CN1CC(NC(=O)C(=O)NCC2=CCCC=C2C(N)=O)C1. The number of nitrogens with zero attached hydrogens (tertiary/aromatic N) is 2. The van der Waals surface area contributed by atoms with E-state index in [0.717, 1.165) is 12.8 Å². The molecule has 0 saturated carbocycles. The third kappa shape index (κ3) is 3.63. The number of primary amides is 1. The van der Waals surface area contributed by atoms with Crippen molar-refractivity contribution in [2.45, 2.75) is 18.9 Å². The molecule has 22 heavy (non-hydrogen) atoms. The van der Waals surface area contributed by atoms with Crippen LogP contribution in [0.2, 0.25) is 0 Å². The number of allylic oxidation sites excluding steroid dienone is 2. The largest absolute Gasteiger partial charge is 0.366 e. The van der Waals surface area contributed by atoms with Crippen LogP contribution >= 0.6 is 0 Å². The second-order valence-corrected chi connectivity index (χ2v) is 5.15. The number of carbonyl (C=O) groups excluding carboxylic acids is 3. The summed E-state index contributed by atoms with van der Waals surface area (Å²) in [7, 11) is 0. The normalized spacial score (nSPS) is 17.5. The Morgan fingerprint density at radius 3 is 2.59 bits per heavy atom. The molecule has 1 saturated heterocycles. The highest BCUT2D eigenvalue weighted by Crippen LogP contribution is 2.17. The zero-order valence-electron chi connectivity index (χ0n) is 12.0. The molecule has 1 aliphatic heterocycles. The van der Waals surface area contributed by atoms with Crippen molar-refractivity contribution in [1.82, 2.24) is 15.5 Å². The first kappa shape index (κ1) is 15.6.